The van der Waals surface area contributed by atoms with Crippen LogP contribution in [-0.4, -0.2) is 68.5 Å². The second kappa shape index (κ2) is 7.45. The number of aromatic nitrogens is 1. The molecule has 0 radical (unpaired) electrons. The third-order valence-corrected chi connectivity index (χ3v) is 6.68. The van der Waals surface area contributed by atoms with Crippen LogP contribution in [0.1, 0.15) is 12.1 Å². The summed E-state index contributed by atoms with van der Waals surface area (Å²) >= 11 is 0. The van der Waals surface area contributed by atoms with Crippen LogP contribution in [0, 0.1) is 11.8 Å². The fourth-order valence-corrected chi connectivity index (χ4v) is 4.53. The van der Waals surface area contributed by atoms with Crippen molar-refractivity contribution in [2.24, 2.45) is 11.8 Å². The van der Waals surface area contributed by atoms with Gasteiger partial charge in [-0.2, -0.15) is 17.0 Å². The standard InChI is InChI=1S/C16H25N3O4S/c1-18(2)24(20,21)19-9-15-13(11-23-16(15)10-19)6-8-22-12-14-5-3-4-7-17-14/h3-5,7,13,15-16H,6,8-12H2,1-2H3/t13-,15-,16-/m0/s1. The fraction of sp³-hybridized carbons (Fsp3) is 0.688. The predicted octanol–water partition coefficient (Wildman–Crippen LogP) is 0.742. The van der Waals surface area contributed by atoms with Crippen molar-refractivity contribution >= 4 is 10.2 Å². The smallest absolute Gasteiger partial charge is 0.281 e. The molecule has 2 aliphatic rings. The molecular formula is C16H25N3O4S. The van der Waals surface area contributed by atoms with Crippen LogP contribution in [0.4, 0.5) is 0 Å². The van der Waals surface area contributed by atoms with Gasteiger partial charge in [-0.3, -0.25) is 4.98 Å². The molecule has 0 aliphatic carbocycles. The minimum absolute atomic E-state index is 0.0144. The first kappa shape index (κ1) is 17.8. The van der Waals surface area contributed by atoms with Crippen molar-refractivity contribution in [3.05, 3.63) is 30.1 Å². The van der Waals surface area contributed by atoms with Crippen LogP contribution in [0.5, 0.6) is 0 Å². The van der Waals surface area contributed by atoms with Crippen LogP contribution >= 0.6 is 0 Å². The van der Waals surface area contributed by atoms with Crippen molar-refractivity contribution < 1.29 is 17.9 Å². The van der Waals surface area contributed by atoms with Gasteiger partial charge in [-0.15, -0.1) is 0 Å². The van der Waals surface area contributed by atoms with Gasteiger partial charge in [0, 0.05) is 45.9 Å². The molecule has 1 aromatic rings. The molecule has 0 spiro atoms. The highest BCUT2D eigenvalue weighted by Gasteiger charge is 2.47. The van der Waals surface area contributed by atoms with E-state index in [2.05, 4.69) is 4.98 Å². The lowest BCUT2D eigenvalue weighted by atomic mass is 9.91. The number of hydrogen-bond donors (Lipinski definition) is 0. The lowest BCUT2D eigenvalue weighted by molar-refractivity contribution is 0.0876. The van der Waals surface area contributed by atoms with E-state index in [-0.39, 0.29) is 12.0 Å². The van der Waals surface area contributed by atoms with Crippen molar-refractivity contribution in [3.63, 3.8) is 0 Å². The third-order valence-electron chi connectivity index (χ3n) is 4.80. The molecule has 0 unspecified atom stereocenters. The SMILES string of the molecule is CN(C)S(=O)(=O)N1C[C@H]2[C@@H](CCOCc3ccccn3)CO[C@H]2C1. The second-order valence-electron chi connectivity index (χ2n) is 6.57. The summed E-state index contributed by atoms with van der Waals surface area (Å²) < 4.78 is 38.8. The summed E-state index contributed by atoms with van der Waals surface area (Å²) in [5.41, 5.74) is 0.919. The number of pyridine rings is 1. The Hall–Kier alpha value is -1.06. The molecular weight excluding hydrogens is 330 g/mol. The molecule has 8 heteroatoms. The zero-order valence-electron chi connectivity index (χ0n) is 14.2. The van der Waals surface area contributed by atoms with Crippen molar-refractivity contribution in [2.75, 3.05) is 40.4 Å². The molecule has 3 atom stereocenters. The minimum Gasteiger partial charge on any atom is -0.376 e. The maximum Gasteiger partial charge on any atom is 0.281 e. The monoisotopic (exact) mass is 355 g/mol. The Morgan fingerprint density at radius 3 is 2.92 bits per heavy atom. The Morgan fingerprint density at radius 1 is 1.38 bits per heavy atom. The third kappa shape index (κ3) is 3.78. The Balaban J connectivity index is 1.47. The molecule has 0 amide bonds. The summed E-state index contributed by atoms with van der Waals surface area (Å²) in [5.74, 6) is 0.610. The number of nitrogens with zero attached hydrogens (tertiary/aromatic N) is 3. The normalized spacial score (nSPS) is 27.7. The molecule has 0 N–H and O–H groups in total. The van der Waals surface area contributed by atoms with Crippen LogP contribution in [0.2, 0.25) is 0 Å². The summed E-state index contributed by atoms with van der Waals surface area (Å²) in [5, 5.41) is 0. The number of fused-ring (bicyclic) bond motifs is 1. The number of rotatable bonds is 7. The van der Waals surface area contributed by atoms with Gasteiger partial charge in [-0.25, -0.2) is 0 Å². The summed E-state index contributed by atoms with van der Waals surface area (Å²) in [4.78, 5) is 4.23. The predicted molar refractivity (Wildman–Crippen MR) is 89.4 cm³/mol. The van der Waals surface area contributed by atoms with Gasteiger partial charge >= 0.3 is 0 Å². The number of hydrogen-bond acceptors (Lipinski definition) is 5. The average molecular weight is 355 g/mol. The van der Waals surface area contributed by atoms with Gasteiger partial charge in [0.1, 0.15) is 0 Å². The molecule has 0 saturated carbocycles. The molecule has 7 nitrogen and oxygen atoms in total. The van der Waals surface area contributed by atoms with Crippen LogP contribution in [0.25, 0.3) is 0 Å². The van der Waals surface area contributed by atoms with E-state index in [1.54, 1.807) is 20.3 Å². The van der Waals surface area contributed by atoms with Gasteiger partial charge in [0.2, 0.25) is 0 Å². The van der Waals surface area contributed by atoms with E-state index in [0.717, 1.165) is 12.1 Å². The molecule has 3 rings (SSSR count). The lowest BCUT2D eigenvalue weighted by Gasteiger charge is -2.22. The summed E-state index contributed by atoms with van der Waals surface area (Å²) in [6.07, 6.45) is 2.65. The largest absolute Gasteiger partial charge is 0.376 e. The maximum atomic E-state index is 12.3. The van der Waals surface area contributed by atoms with Crippen LogP contribution in [0.3, 0.4) is 0 Å². The Morgan fingerprint density at radius 2 is 2.21 bits per heavy atom. The van der Waals surface area contributed by atoms with Crippen LogP contribution < -0.4 is 0 Å². The van der Waals surface area contributed by atoms with E-state index in [0.29, 0.717) is 38.8 Å². The van der Waals surface area contributed by atoms with Gasteiger partial charge in [-0.05, 0) is 24.5 Å². The molecule has 0 aromatic carbocycles. The summed E-state index contributed by atoms with van der Waals surface area (Å²) in [6.45, 7) is 2.82. The van der Waals surface area contributed by atoms with Gasteiger partial charge < -0.3 is 9.47 Å². The molecule has 2 aliphatic heterocycles. The lowest BCUT2D eigenvalue weighted by Crippen LogP contribution is -2.39. The quantitative estimate of drug-likeness (QED) is 0.675. The van der Waals surface area contributed by atoms with Crippen molar-refractivity contribution in [3.8, 4) is 0 Å². The molecule has 134 valence electrons. The van der Waals surface area contributed by atoms with E-state index in [4.69, 9.17) is 9.47 Å². The first-order valence-corrected chi connectivity index (χ1v) is 9.65. The minimum atomic E-state index is -3.36. The van der Waals surface area contributed by atoms with E-state index >= 15 is 0 Å². The molecule has 2 saturated heterocycles. The van der Waals surface area contributed by atoms with E-state index in [1.807, 2.05) is 18.2 Å². The molecule has 3 heterocycles. The Bertz CT molecular complexity index is 638. The van der Waals surface area contributed by atoms with Gasteiger partial charge in [0.25, 0.3) is 10.2 Å². The van der Waals surface area contributed by atoms with E-state index in [1.165, 1.54) is 8.61 Å². The highest BCUT2D eigenvalue weighted by atomic mass is 32.2. The molecule has 1 aromatic heterocycles. The highest BCUT2D eigenvalue weighted by Crippen LogP contribution is 2.36. The zero-order valence-corrected chi connectivity index (χ0v) is 15.0. The topological polar surface area (TPSA) is 72.0 Å². The first-order chi connectivity index (χ1) is 11.5. The van der Waals surface area contributed by atoms with Crippen LogP contribution in [0.15, 0.2) is 24.4 Å². The zero-order chi connectivity index (χ0) is 17.2. The molecule has 2 fully saturated rings. The van der Waals surface area contributed by atoms with Crippen molar-refractivity contribution in [1.29, 1.82) is 0 Å². The summed E-state index contributed by atoms with van der Waals surface area (Å²) in [6, 6.07) is 5.77. The Kier molecular flexibility index (Phi) is 5.51. The second-order valence-corrected chi connectivity index (χ2v) is 8.71. The van der Waals surface area contributed by atoms with Crippen molar-refractivity contribution in [2.45, 2.75) is 19.1 Å². The Labute approximate surface area is 143 Å². The maximum absolute atomic E-state index is 12.3. The van der Waals surface area contributed by atoms with Gasteiger partial charge in [0.05, 0.1) is 25.0 Å². The average Bonchev–Trinajstić information content (AvgIpc) is 3.14. The number of ether oxygens (including phenoxy) is 2. The summed E-state index contributed by atoms with van der Waals surface area (Å²) in [7, 11) is -0.231. The van der Waals surface area contributed by atoms with E-state index in [9.17, 15) is 8.42 Å². The van der Waals surface area contributed by atoms with E-state index < -0.39 is 10.2 Å². The molecule has 0 bridgehead atoms. The first-order valence-electron chi connectivity index (χ1n) is 8.25. The fourth-order valence-electron chi connectivity index (χ4n) is 3.37. The molecule has 24 heavy (non-hydrogen) atoms. The van der Waals surface area contributed by atoms with Crippen molar-refractivity contribution in [1.82, 2.24) is 13.6 Å². The highest BCUT2D eigenvalue weighted by molar-refractivity contribution is 7.86. The van der Waals surface area contributed by atoms with Crippen LogP contribution in [-0.2, 0) is 26.3 Å². The van der Waals surface area contributed by atoms with Gasteiger partial charge in [0.15, 0.2) is 0 Å². The van der Waals surface area contributed by atoms with Gasteiger partial charge in [-0.1, -0.05) is 6.07 Å².